The zero-order chi connectivity index (χ0) is 23.5. The third-order valence-electron chi connectivity index (χ3n) is 4.93. The SMILES string of the molecule is CCOC(=O)C1(C)CN(CC(=O)Nc2ccc(C(F)(F)F)cc2)N=C1c1ccc(Cl)cc1. The van der Waals surface area contributed by atoms with Gasteiger partial charge < -0.3 is 10.1 Å². The van der Waals surface area contributed by atoms with Crippen LogP contribution in [0.2, 0.25) is 5.02 Å². The van der Waals surface area contributed by atoms with Crippen LogP contribution in [-0.2, 0) is 20.5 Å². The number of ether oxygens (including phenoxy) is 1. The fraction of sp³-hybridized carbons (Fsp3) is 0.318. The fourth-order valence-electron chi connectivity index (χ4n) is 3.36. The fourth-order valence-corrected chi connectivity index (χ4v) is 3.49. The third kappa shape index (κ3) is 5.21. The van der Waals surface area contributed by atoms with Gasteiger partial charge in [-0.05, 0) is 55.8 Å². The molecule has 1 aliphatic rings. The Labute approximate surface area is 188 Å². The highest BCUT2D eigenvalue weighted by Gasteiger charge is 2.47. The number of halogens is 4. The molecule has 0 saturated heterocycles. The van der Waals surface area contributed by atoms with E-state index < -0.39 is 29.0 Å². The first-order valence-electron chi connectivity index (χ1n) is 9.77. The van der Waals surface area contributed by atoms with Crippen molar-refractivity contribution in [3.05, 3.63) is 64.7 Å². The first-order chi connectivity index (χ1) is 15.0. The van der Waals surface area contributed by atoms with Gasteiger partial charge in [-0.1, -0.05) is 23.7 Å². The Morgan fingerprint density at radius 2 is 1.78 bits per heavy atom. The van der Waals surface area contributed by atoms with Gasteiger partial charge in [-0.3, -0.25) is 14.6 Å². The summed E-state index contributed by atoms with van der Waals surface area (Å²) in [5.41, 5.74) is -0.598. The zero-order valence-corrected chi connectivity index (χ0v) is 18.1. The molecule has 0 spiro atoms. The molecule has 0 saturated carbocycles. The van der Waals surface area contributed by atoms with E-state index in [1.165, 1.54) is 17.1 Å². The van der Waals surface area contributed by atoms with E-state index in [1.807, 2.05) is 0 Å². The van der Waals surface area contributed by atoms with Gasteiger partial charge in [0, 0.05) is 10.7 Å². The Hall–Kier alpha value is -3.07. The molecule has 10 heteroatoms. The highest BCUT2D eigenvalue weighted by Crippen LogP contribution is 2.33. The van der Waals surface area contributed by atoms with E-state index in [1.54, 1.807) is 38.1 Å². The van der Waals surface area contributed by atoms with Crippen LogP contribution >= 0.6 is 11.6 Å². The second-order valence-corrected chi connectivity index (χ2v) is 7.89. The van der Waals surface area contributed by atoms with E-state index >= 15 is 0 Å². The molecule has 1 atom stereocenters. The lowest BCUT2D eigenvalue weighted by atomic mass is 9.82. The van der Waals surface area contributed by atoms with Crippen molar-refractivity contribution in [2.45, 2.75) is 20.0 Å². The van der Waals surface area contributed by atoms with E-state index in [-0.39, 0.29) is 25.4 Å². The molecule has 3 rings (SSSR count). The largest absolute Gasteiger partial charge is 0.465 e. The molecule has 0 aromatic heterocycles. The molecular weight excluding hydrogens is 447 g/mol. The summed E-state index contributed by atoms with van der Waals surface area (Å²) in [5, 5.41) is 8.97. The minimum atomic E-state index is -4.46. The summed E-state index contributed by atoms with van der Waals surface area (Å²) in [4.78, 5) is 25.2. The average molecular weight is 468 g/mol. The average Bonchev–Trinajstić information content (AvgIpc) is 3.05. The van der Waals surface area contributed by atoms with E-state index in [2.05, 4.69) is 10.4 Å². The van der Waals surface area contributed by atoms with Crippen molar-refractivity contribution in [2.75, 3.05) is 25.0 Å². The number of esters is 1. The van der Waals surface area contributed by atoms with Gasteiger partial charge in [0.1, 0.15) is 12.0 Å². The summed E-state index contributed by atoms with van der Waals surface area (Å²) in [5.74, 6) is -0.962. The molecule has 32 heavy (non-hydrogen) atoms. The van der Waals surface area contributed by atoms with E-state index in [0.29, 0.717) is 16.3 Å². The van der Waals surface area contributed by atoms with Gasteiger partial charge in [0.25, 0.3) is 0 Å². The number of rotatable bonds is 6. The number of hydrogen-bond acceptors (Lipinski definition) is 5. The number of alkyl halides is 3. The molecule has 1 heterocycles. The van der Waals surface area contributed by atoms with Gasteiger partial charge in [0.2, 0.25) is 5.91 Å². The maximum Gasteiger partial charge on any atom is 0.416 e. The van der Waals surface area contributed by atoms with Crippen LogP contribution in [0.1, 0.15) is 25.0 Å². The van der Waals surface area contributed by atoms with Crippen LogP contribution < -0.4 is 5.32 Å². The molecule has 6 nitrogen and oxygen atoms in total. The monoisotopic (exact) mass is 467 g/mol. The van der Waals surface area contributed by atoms with Gasteiger partial charge >= 0.3 is 12.1 Å². The van der Waals surface area contributed by atoms with Crippen LogP contribution in [0.15, 0.2) is 53.6 Å². The predicted octanol–water partition coefficient (Wildman–Crippen LogP) is 4.59. The smallest absolute Gasteiger partial charge is 0.416 e. The molecule has 1 aliphatic heterocycles. The van der Waals surface area contributed by atoms with Crippen LogP contribution in [0.5, 0.6) is 0 Å². The number of carbonyl (C=O) groups excluding carboxylic acids is 2. The number of nitrogens with one attached hydrogen (secondary N) is 1. The predicted molar refractivity (Wildman–Crippen MR) is 114 cm³/mol. The number of nitrogens with zero attached hydrogens (tertiary/aromatic N) is 2. The summed E-state index contributed by atoms with van der Waals surface area (Å²) in [7, 11) is 0. The second-order valence-electron chi connectivity index (χ2n) is 7.45. The number of carbonyl (C=O) groups is 2. The lowest BCUT2D eigenvalue weighted by Crippen LogP contribution is -2.41. The van der Waals surface area contributed by atoms with Crippen molar-refractivity contribution in [1.82, 2.24) is 5.01 Å². The Kier molecular flexibility index (Phi) is 6.78. The van der Waals surface area contributed by atoms with Crippen LogP contribution in [0.3, 0.4) is 0 Å². The Balaban J connectivity index is 1.76. The zero-order valence-electron chi connectivity index (χ0n) is 17.4. The molecule has 1 unspecified atom stereocenters. The maximum absolute atomic E-state index is 12.7. The summed E-state index contributed by atoms with van der Waals surface area (Å²) >= 11 is 5.95. The number of amides is 1. The standard InChI is InChI=1S/C22H21ClF3N3O3/c1-3-32-20(31)21(2)13-29(28-19(21)14-4-8-16(23)9-5-14)12-18(30)27-17-10-6-15(7-11-17)22(24,25)26/h4-11H,3,12-13H2,1-2H3,(H,27,30). The molecule has 0 fully saturated rings. The van der Waals surface area contributed by atoms with Gasteiger partial charge in [0.05, 0.1) is 24.4 Å². The van der Waals surface area contributed by atoms with Gasteiger partial charge in [0.15, 0.2) is 0 Å². The first kappa shape index (κ1) is 23.6. The minimum absolute atomic E-state index is 0.101. The third-order valence-corrected chi connectivity index (χ3v) is 5.18. The van der Waals surface area contributed by atoms with Crippen LogP contribution in [0.25, 0.3) is 0 Å². The number of anilines is 1. The Bertz CT molecular complexity index is 1020. The lowest BCUT2D eigenvalue weighted by molar-refractivity contribution is -0.150. The molecule has 0 bridgehead atoms. The summed E-state index contributed by atoms with van der Waals surface area (Å²) in [6, 6.07) is 10.9. The van der Waals surface area contributed by atoms with Crippen molar-refractivity contribution < 1.29 is 27.5 Å². The summed E-state index contributed by atoms with van der Waals surface area (Å²) in [6.07, 6.45) is -4.46. The van der Waals surface area contributed by atoms with Crippen molar-refractivity contribution in [1.29, 1.82) is 0 Å². The Morgan fingerprint density at radius 1 is 1.16 bits per heavy atom. The quantitative estimate of drug-likeness (QED) is 0.631. The molecule has 2 aromatic rings. The van der Waals surface area contributed by atoms with Crippen molar-refractivity contribution in [3.8, 4) is 0 Å². The summed E-state index contributed by atoms with van der Waals surface area (Å²) in [6.45, 7) is 3.48. The van der Waals surface area contributed by atoms with E-state index in [4.69, 9.17) is 16.3 Å². The molecule has 0 radical (unpaired) electrons. The van der Waals surface area contributed by atoms with Crippen LogP contribution in [0.4, 0.5) is 18.9 Å². The highest BCUT2D eigenvalue weighted by atomic mass is 35.5. The van der Waals surface area contributed by atoms with Crippen molar-refractivity contribution in [3.63, 3.8) is 0 Å². The lowest BCUT2D eigenvalue weighted by Gasteiger charge is -2.24. The molecule has 0 aliphatic carbocycles. The second kappa shape index (κ2) is 9.20. The minimum Gasteiger partial charge on any atom is -0.465 e. The number of hydrogen-bond donors (Lipinski definition) is 1. The van der Waals surface area contributed by atoms with Crippen molar-refractivity contribution in [2.24, 2.45) is 10.5 Å². The molecule has 1 amide bonds. The van der Waals surface area contributed by atoms with Gasteiger partial charge in [-0.2, -0.15) is 18.3 Å². The maximum atomic E-state index is 12.7. The molecule has 2 aromatic carbocycles. The van der Waals surface area contributed by atoms with E-state index in [0.717, 1.165) is 12.1 Å². The normalized spacial score (nSPS) is 18.3. The van der Waals surface area contributed by atoms with Crippen LogP contribution in [0, 0.1) is 5.41 Å². The topological polar surface area (TPSA) is 71.0 Å². The molecule has 170 valence electrons. The van der Waals surface area contributed by atoms with Gasteiger partial charge in [-0.25, -0.2) is 0 Å². The number of hydrazone groups is 1. The summed E-state index contributed by atoms with van der Waals surface area (Å²) < 4.78 is 43.3. The highest BCUT2D eigenvalue weighted by molar-refractivity contribution is 6.30. The first-order valence-corrected chi connectivity index (χ1v) is 10.1. The van der Waals surface area contributed by atoms with Crippen LogP contribution in [-0.4, -0.2) is 42.3 Å². The van der Waals surface area contributed by atoms with Crippen molar-refractivity contribution >= 4 is 34.9 Å². The Morgan fingerprint density at radius 3 is 2.34 bits per heavy atom. The molecular formula is C22H21ClF3N3O3. The number of benzene rings is 2. The van der Waals surface area contributed by atoms with E-state index in [9.17, 15) is 22.8 Å². The van der Waals surface area contributed by atoms with Gasteiger partial charge in [-0.15, -0.1) is 0 Å². The molecule has 1 N–H and O–H groups in total.